The molecule has 1 amide bonds. The maximum absolute atomic E-state index is 11.8. The van der Waals surface area contributed by atoms with Gasteiger partial charge in [-0.1, -0.05) is 0 Å². The molecule has 0 aromatic carbocycles. The van der Waals surface area contributed by atoms with Gasteiger partial charge in [-0.05, 0) is 12.1 Å². The molecule has 1 aromatic rings. The third kappa shape index (κ3) is 5.42. The number of carbonyl (C=O) groups is 1. The number of carbonyl (C=O) groups excluding carboxylic acids is 1. The second-order valence-electron chi connectivity index (χ2n) is 3.59. The predicted molar refractivity (Wildman–Crippen MR) is 62.5 cm³/mol. The summed E-state index contributed by atoms with van der Waals surface area (Å²) in [5, 5.41) is 2.66. The molecule has 0 saturated carbocycles. The highest BCUT2D eigenvalue weighted by molar-refractivity contribution is 5.91. The van der Waals surface area contributed by atoms with E-state index in [-0.39, 0.29) is 30.4 Å². The number of nitrogens with two attached hydrogens (primary N) is 2. The molecule has 0 atom stereocenters. The Morgan fingerprint density at radius 2 is 2.11 bits per heavy atom. The molecule has 0 radical (unpaired) electrons. The third-order valence-corrected chi connectivity index (χ3v) is 1.98. The molecule has 0 unspecified atom stereocenters. The molecule has 5 N–H and O–H groups in total. The van der Waals surface area contributed by atoms with E-state index in [1.165, 1.54) is 12.1 Å². The standard InChI is InChI=1S/C10H13F3N4O2/c11-10(12,13)5-19-4-3-16-9-6(14)1-2-7(17-9)8(15)18/h1-2H,3-5,14H2,(H2,15,18)(H,16,17). The minimum atomic E-state index is -4.36. The van der Waals surface area contributed by atoms with Crippen molar-refractivity contribution in [1.82, 2.24) is 4.98 Å². The Bertz CT molecular complexity index is 451. The summed E-state index contributed by atoms with van der Waals surface area (Å²) in [5.41, 5.74) is 10.9. The number of nitrogen functional groups attached to an aromatic ring is 1. The summed E-state index contributed by atoms with van der Waals surface area (Å²) in [6.45, 7) is -1.43. The summed E-state index contributed by atoms with van der Waals surface area (Å²) in [6, 6.07) is 2.77. The molecule has 0 spiro atoms. The van der Waals surface area contributed by atoms with Gasteiger partial charge < -0.3 is 21.5 Å². The van der Waals surface area contributed by atoms with Gasteiger partial charge in [0, 0.05) is 6.54 Å². The van der Waals surface area contributed by atoms with Crippen LogP contribution in [0.15, 0.2) is 12.1 Å². The van der Waals surface area contributed by atoms with Gasteiger partial charge in [-0.25, -0.2) is 4.98 Å². The topological polar surface area (TPSA) is 103 Å². The minimum Gasteiger partial charge on any atom is -0.396 e. The van der Waals surface area contributed by atoms with Crippen molar-refractivity contribution in [2.24, 2.45) is 5.73 Å². The smallest absolute Gasteiger partial charge is 0.396 e. The fourth-order valence-corrected chi connectivity index (χ4v) is 1.18. The third-order valence-electron chi connectivity index (χ3n) is 1.98. The van der Waals surface area contributed by atoms with Gasteiger partial charge in [0.25, 0.3) is 5.91 Å². The highest BCUT2D eigenvalue weighted by atomic mass is 19.4. The zero-order chi connectivity index (χ0) is 14.5. The van der Waals surface area contributed by atoms with Crippen molar-refractivity contribution in [3.63, 3.8) is 0 Å². The lowest BCUT2D eigenvalue weighted by Crippen LogP contribution is -2.21. The average Bonchev–Trinajstić information content (AvgIpc) is 2.29. The number of primary amides is 1. The van der Waals surface area contributed by atoms with Crippen LogP contribution in [-0.2, 0) is 4.74 Å². The quantitative estimate of drug-likeness (QED) is 0.666. The molecular weight excluding hydrogens is 265 g/mol. The molecule has 6 nitrogen and oxygen atoms in total. The molecule has 0 fully saturated rings. The maximum atomic E-state index is 11.8. The first-order chi connectivity index (χ1) is 8.79. The van der Waals surface area contributed by atoms with Crippen LogP contribution in [0.1, 0.15) is 10.5 Å². The normalized spacial score (nSPS) is 11.3. The van der Waals surface area contributed by atoms with Crippen molar-refractivity contribution in [2.75, 3.05) is 30.8 Å². The number of aromatic nitrogens is 1. The summed E-state index contributed by atoms with van der Waals surface area (Å²) in [6.07, 6.45) is -4.36. The molecule has 1 heterocycles. The predicted octanol–water partition coefficient (Wildman–Crippen LogP) is 0.753. The van der Waals surface area contributed by atoms with Crippen molar-refractivity contribution >= 4 is 17.4 Å². The zero-order valence-electron chi connectivity index (χ0n) is 9.83. The van der Waals surface area contributed by atoms with Crippen LogP contribution < -0.4 is 16.8 Å². The van der Waals surface area contributed by atoms with Gasteiger partial charge in [0.15, 0.2) is 0 Å². The van der Waals surface area contributed by atoms with Crippen molar-refractivity contribution in [2.45, 2.75) is 6.18 Å². The monoisotopic (exact) mass is 278 g/mol. The fourth-order valence-electron chi connectivity index (χ4n) is 1.18. The Hall–Kier alpha value is -2.03. The van der Waals surface area contributed by atoms with Crippen LogP contribution in [-0.4, -0.2) is 36.8 Å². The summed E-state index contributed by atoms with van der Waals surface area (Å²) in [5.74, 6) is -0.553. The summed E-state index contributed by atoms with van der Waals surface area (Å²) in [7, 11) is 0. The average molecular weight is 278 g/mol. The van der Waals surface area contributed by atoms with Gasteiger partial charge >= 0.3 is 6.18 Å². The number of rotatable bonds is 6. The lowest BCUT2D eigenvalue weighted by molar-refractivity contribution is -0.172. The van der Waals surface area contributed by atoms with Crippen LogP contribution in [0.25, 0.3) is 0 Å². The molecule has 0 aliphatic heterocycles. The molecule has 0 aliphatic rings. The molecule has 106 valence electrons. The summed E-state index contributed by atoms with van der Waals surface area (Å²) in [4.78, 5) is 14.7. The molecular formula is C10H13F3N4O2. The second kappa shape index (κ2) is 6.23. The molecule has 0 aliphatic carbocycles. The molecule has 0 bridgehead atoms. The van der Waals surface area contributed by atoms with E-state index < -0.39 is 18.7 Å². The van der Waals surface area contributed by atoms with E-state index in [1.807, 2.05) is 0 Å². The van der Waals surface area contributed by atoms with Crippen LogP contribution in [0.4, 0.5) is 24.7 Å². The number of anilines is 2. The van der Waals surface area contributed by atoms with Crippen molar-refractivity contribution in [3.8, 4) is 0 Å². The van der Waals surface area contributed by atoms with Crippen LogP contribution in [0.2, 0.25) is 0 Å². The van der Waals surface area contributed by atoms with Gasteiger partial charge in [-0.15, -0.1) is 0 Å². The Kier molecular flexibility index (Phi) is 4.93. The maximum Gasteiger partial charge on any atom is 0.411 e. The van der Waals surface area contributed by atoms with Gasteiger partial charge in [-0.3, -0.25) is 4.79 Å². The number of nitrogens with one attached hydrogen (secondary N) is 1. The number of nitrogens with zero attached hydrogens (tertiary/aromatic N) is 1. The first-order valence-electron chi connectivity index (χ1n) is 5.24. The van der Waals surface area contributed by atoms with Gasteiger partial charge in [0.2, 0.25) is 0 Å². The first-order valence-corrected chi connectivity index (χ1v) is 5.24. The van der Waals surface area contributed by atoms with Gasteiger partial charge in [0.1, 0.15) is 18.1 Å². The zero-order valence-corrected chi connectivity index (χ0v) is 9.83. The van der Waals surface area contributed by atoms with Gasteiger partial charge in [0.05, 0.1) is 12.3 Å². The summed E-state index contributed by atoms with van der Waals surface area (Å²) >= 11 is 0. The van der Waals surface area contributed by atoms with Crippen LogP contribution >= 0.6 is 0 Å². The van der Waals surface area contributed by atoms with E-state index in [4.69, 9.17) is 11.5 Å². The highest BCUT2D eigenvalue weighted by Gasteiger charge is 2.27. The summed E-state index contributed by atoms with van der Waals surface area (Å²) < 4.78 is 39.7. The van der Waals surface area contributed by atoms with Crippen molar-refractivity contribution < 1.29 is 22.7 Å². The van der Waals surface area contributed by atoms with Crippen LogP contribution in [0.3, 0.4) is 0 Å². The Morgan fingerprint density at radius 1 is 1.42 bits per heavy atom. The van der Waals surface area contributed by atoms with E-state index in [2.05, 4.69) is 15.0 Å². The van der Waals surface area contributed by atoms with E-state index >= 15 is 0 Å². The van der Waals surface area contributed by atoms with Gasteiger partial charge in [-0.2, -0.15) is 13.2 Å². The van der Waals surface area contributed by atoms with E-state index in [0.717, 1.165) is 0 Å². The molecule has 0 saturated heterocycles. The number of ether oxygens (including phenoxy) is 1. The van der Waals surface area contributed by atoms with E-state index in [9.17, 15) is 18.0 Å². The Balaban J connectivity index is 2.45. The van der Waals surface area contributed by atoms with Crippen LogP contribution in [0, 0.1) is 0 Å². The number of amides is 1. The first kappa shape index (κ1) is 15.0. The highest BCUT2D eigenvalue weighted by Crippen LogP contribution is 2.16. The lowest BCUT2D eigenvalue weighted by Gasteiger charge is -2.10. The van der Waals surface area contributed by atoms with E-state index in [0.29, 0.717) is 0 Å². The number of hydrogen-bond donors (Lipinski definition) is 3. The minimum absolute atomic E-state index is 0.00732. The Morgan fingerprint density at radius 3 is 2.68 bits per heavy atom. The van der Waals surface area contributed by atoms with E-state index in [1.54, 1.807) is 0 Å². The SMILES string of the molecule is NC(=O)c1ccc(N)c(NCCOCC(F)(F)F)n1. The largest absolute Gasteiger partial charge is 0.411 e. The van der Waals surface area contributed by atoms with Crippen molar-refractivity contribution in [3.05, 3.63) is 17.8 Å². The number of halogens is 3. The Labute approximate surface area is 106 Å². The fraction of sp³-hybridized carbons (Fsp3) is 0.400. The molecule has 9 heteroatoms. The lowest BCUT2D eigenvalue weighted by atomic mass is 10.3. The number of pyridine rings is 1. The molecule has 1 rings (SSSR count). The number of hydrogen-bond acceptors (Lipinski definition) is 5. The second-order valence-corrected chi connectivity index (χ2v) is 3.59. The molecule has 19 heavy (non-hydrogen) atoms. The number of alkyl halides is 3. The molecule has 1 aromatic heterocycles. The van der Waals surface area contributed by atoms with Crippen LogP contribution in [0.5, 0.6) is 0 Å². The van der Waals surface area contributed by atoms with Crippen molar-refractivity contribution in [1.29, 1.82) is 0 Å².